The third-order valence-corrected chi connectivity index (χ3v) is 5.50. The zero-order valence-corrected chi connectivity index (χ0v) is 15.3. The molecule has 1 aromatic rings. The summed E-state index contributed by atoms with van der Waals surface area (Å²) in [5.41, 5.74) is 0.836. The molecule has 1 aliphatic carbocycles. The van der Waals surface area contributed by atoms with Gasteiger partial charge in [0.15, 0.2) is 0 Å². The summed E-state index contributed by atoms with van der Waals surface area (Å²) in [5.74, 6) is 0.776. The number of hydrogen-bond donors (Lipinski definition) is 1. The van der Waals surface area contributed by atoms with Gasteiger partial charge in [-0.1, -0.05) is 12.1 Å². The molecule has 138 valence electrons. The van der Waals surface area contributed by atoms with Crippen molar-refractivity contribution in [3.63, 3.8) is 0 Å². The van der Waals surface area contributed by atoms with Crippen LogP contribution in [0.4, 0.5) is 4.79 Å². The van der Waals surface area contributed by atoms with E-state index in [1.807, 2.05) is 24.3 Å². The van der Waals surface area contributed by atoms with Gasteiger partial charge in [-0.3, -0.25) is 19.7 Å². The van der Waals surface area contributed by atoms with Gasteiger partial charge in [-0.15, -0.1) is 0 Å². The predicted molar refractivity (Wildman–Crippen MR) is 98.5 cm³/mol. The van der Waals surface area contributed by atoms with Gasteiger partial charge in [0.1, 0.15) is 5.75 Å². The van der Waals surface area contributed by atoms with Crippen LogP contribution in [-0.4, -0.2) is 30.8 Å². The fourth-order valence-corrected chi connectivity index (χ4v) is 3.86. The van der Waals surface area contributed by atoms with E-state index in [0.29, 0.717) is 17.4 Å². The van der Waals surface area contributed by atoms with Gasteiger partial charge < -0.3 is 9.47 Å². The number of thioether (sulfide) groups is 1. The highest BCUT2D eigenvalue weighted by Crippen LogP contribution is 2.30. The second kappa shape index (κ2) is 8.40. The van der Waals surface area contributed by atoms with Crippen LogP contribution in [0.2, 0.25) is 0 Å². The molecule has 1 aromatic carbocycles. The van der Waals surface area contributed by atoms with Crippen LogP contribution in [0.15, 0.2) is 29.2 Å². The molecule has 26 heavy (non-hydrogen) atoms. The minimum atomic E-state index is -0.358. The highest BCUT2D eigenvalue weighted by molar-refractivity contribution is 8.18. The standard InChI is InChI=1S/C19H21NO5S/c1-24-18(22)14-6-2-13(3-7-14)11-25-15-8-4-12(5-9-15)10-16-17(21)20-19(23)26-16/h4-5,8-10,13-14H,2-3,6-7,11H2,1H3,(H,20,21,23)/b16-10-. The number of esters is 1. The molecule has 0 radical (unpaired) electrons. The molecule has 2 amide bonds. The smallest absolute Gasteiger partial charge is 0.308 e. The summed E-state index contributed by atoms with van der Waals surface area (Å²) in [6.45, 7) is 0.626. The van der Waals surface area contributed by atoms with Gasteiger partial charge >= 0.3 is 5.97 Å². The Balaban J connectivity index is 1.48. The van der Waals surface area contributed by atoms with Crippen molar-refractivity contribution in [1.82, 2.24) is 5.32 Å². The summed E-state index contributed by atoms with van der Waals surface area (Å²) < 4.78 is 10.7. The molecule has 0 atom stereocenters. The van der Waals surface area contributed by atoms with Gasteiger partial charge in [0, 0.05) is 0 Å². The zero-order valence-electron chi connectivity index (χ0n) is 14.5. The van der Waals surface area contributed by atoms with Gasteiger partial charge in [-0.05, 0) is 67.1 Å². The van der Waals surface area contributed by atoms with Crippen molar-refractivity contribution >= 4 is 35.0 Å². The van der Waals surface area contributed by atoms with Crippen molar-refractivity contribution in [1.29, 1.82) is 0 Å². The maximum absolute atomic E-state index is 11.5. The summed E-state index contributed by atoms with van der Waals surface area (Å²) in [5, 5.41) is 1.89. The maximum Gasteiger partial charge on any atom is 0.308 e. The lowest BCUT2D eigenvalue weighted by molar-refractivity contribution is -0.146. The van der Waals surface area contributed by atoms with Gasteiger partial charge in [0.05, 0.1) is 24.5 Å². The van der Waals surface area contributed by atoms with Gasteiger partial charge in [-0.2, -0.15) is 0 Å². The third kappa shape index (κ3) is 4.66. The van der Waals surface area contributed by atoms with Crippen molar-refractivity contribution in [3.8, 4) is 5.75 Å². The Labute approximate surface area is 156 Å². The first-order chi connectivity index (χ1) is 12.5. The normalized spacial score (nSPS) is 24.4. The van der Waals surface area contributed by atoms with E-state index >= 15 is 0 Å². The SMILES string of the molecule is COC(=O)C1CCC(COc2ccc(/C=C3\SC(=O)NC3=O)cc2)CC1. The fraction of sp³-hybridized carbons (Fsp3) is 0.421. The number of carbonyl (C=O) groups excluding carboxylic acids is 3. The number of rotatable bonds is 5. The molecule has 1 heterocycles. The molecule has 2 fully saturated rings. The molecule has 1 saturated heterocycles. The Kier molecular flexibility index (Phi) is 5.98. The third-order valence-electron chi connectivity index (χ3n) is 4.69. The van der Waals surface area contributed by atoms with Crippen LogP contribution in [0.25, 0.3) is 6.08 Å². The Morgan fingerprint density at radius 2 is 1.88 bits per heavy atom. The lowest BCUT2D eigenvalue weighted by atomic mass is 9.82. The lowest BCUT2D eigenvalue weighted by Gasteiger charge is -2.26. The molecule has 1 aliphatic heterocycles. The van der Waals surface area contributed by atoms with E-state index in [9.17, 15) is 14.4 Å². The maximum atomic E-state index is 11.5. The van der Waals surface area contributed by atoms with Crippen LogP contribution in [0.3, 0.4) is 0 Å². The first kappa shape index (κ1) is 18.5. The van der Waals surface area contributed by atoms with Crippen LogP contribution in [0.1, 0.15) is 31.2 Å². The number of nitrogens with one attached hydrogen (secondary N) is 1. The number of imide groups is 1. The topological polar surface area (TPSA) is 81.7 Å². The van der Waals surface area contributed by atoms with Crippen molar-refractivity contribution < 1.29 is 23.9 Å². The van der Waals surface area contributed by atoms with Gasteiger partial charge in [-0.25, -0.2) is 0 Å². The van der Waals surface area contributed by atoms with E-state index in [2.05, 4.69) is 5.32 Å². The quantitative estimate of drug-likeness (QED) is 0.628. The van der Waals surface area contributed by atoms with Crippen molar-refractivity contribution in [2.24, 2.45) is 11.8 Å². The van der Waals surface area contributed by atoms with E-state index < -0.39 is 0 Å². The number of benzene rings is 1. The van der Waals surface area contributed by atoms with E-state index in [-0.39, 0.29) is 23.0 Å². The minimum Gasteiger partial charge on any atom is -0.493 e. The highest BCUT2D eigenvalue weighted by Gasteiger charge is 2.27. The Bertz CT molecular complexity index is 720. The second-order valence-corrected chi connectivity index (χ2v) is 7.49. The van der Waals surface area contributed by atoms with Crippen LogP contribution in [-0.2, 0) is 14.3 Å². The zero-order chi connectivity index (χ0) is 18.5. The average molecular weight is 375 g/mol. The fourth-order valence-electron chi connectivity index (χ4n) is 3.18. The molecule has 0 bridgehead atoms. The highest BCUT2D eigenvalue weighted by atomic mass is 32.2. The number of methoxy groups -OCH3 is 1. The number of ether oxygens (including phenoxy) is 2. The minimum absolute atomic E-state index is 0.0288. The van der Waals surface area contributed by atoms with E-state index in [4.69, 9.17) is 9.47 Å². The summed E-state index contributed by atoms with van der Waals surface area (Å²) in [4.78, 5) is 34.6. The molecule has 6 nitrogen and oxygen atoms in total. The second-order valence-electron chi connectivity index (χ2n) is 6.47. The molecule has 7 heteroatoms. The first-order valence-electron chi connectivity index (χ1n) is 8.60. The van der Waals surface area contributed by atoms with E-state index in [1.165, 1.54) is 7.11 Å². The van der Waals surface area contributed by atoms with Crippen molar-refractivity contribution in [2.75, 3.05) is 13.7 Å². The van der Waals surface area contributed by atoms with E-state index in [0.717, 1.165) is 48.8 Å². The number of hydrogen-bond acceptors (Lipinski definition) is 6. The summed E-state index contributed by atoms with van der Waals surface area (Å²) in [6, 6.07) is 7.41. The lowest BCUT2D eigenvalue weighted by Crippen LogP contribution is -2.25. The van der Waals surface area contributed by atoms with Crippen molar-refractivity contribution in [2.45, 2.75) is 25.7 Å². The molecular weight excluding hydrogens is 354 g/mol. The largest absolute Gasteiger partial charge is 0.493 e. The van der Waals surface area contributed by atoms with Crippen LogP contribution in [0, 0.1) is 11.8 Å². The molecule has 0 aromatic heterocycles. The Hall–Kier alpha value is -2.28. The van der Waals surface area contributed by atoms with E-state index in [1.54, 1.807) is 6.08 Å². The molecule has 0 unspecified atom stereocenters. The molecule has 2 aliphatic rings. The summed E-state index contributed by atoms with van der Waals surface area (Å²) in [7, 11) is 1.44. The molecule has 0 spiro atoms. The average Bonchev–Trinajstić information content (AvgIpc) is 2.98. The monoisotopic (exact) mass is 375 g/mol. The van der Waals surface area contributed by atoms with Gasteiger partial charge in [0.2, 0.25) is 0 Å². The Morgan fingerprint density at radius 3 is 2.46 bits per heavy atom. The number of carbonyl (C=O) groups is 3. The van der Waals surface area contributed by atoms with Crippen molar-refractivity contribution in [3.05, 3.63) is 34.7 Å². The Morgan fingerprint density at radius 1 is 1.19 bits per heavy atom. The van der Waals surface area contributed by atoms with Crippen LogP contribution < -0.4 is 10.1 Å². The molecular formula is C19H21NO5S. The predicted octanol–water partition coefficient (Wildman–Crippen LogP) is 3.37. The number of amides is 2. The summed E-state index contributed by atoms with van der Waals surface area (Å²) in [6.07, 6.45) is 5.31. The first-order valence-corrected chi connectivity index (χ1v) is 9.42. The van der Waals surface area contributed by atoms with Crippen LogP contribution in [0.5, 0.6) is 5.75 Å². The molecule has 1 N–H and O–H groups in total. The van der Waals surface area contributed by atoms with Gasteiger partial charge in [0.25, 0.3) is 11.1 Å². The molecule has 1 saturated carbocycles. The summed E-state index contributed by atoms with van der Waals surface area (Å²) >= 11 is 0.903. The molecule has 3 rings (SSSR count). The van der Waals surface area contributed by atoms with Crippen LogP contribution >= 0.6 is 11.8 Å².